The first-order valence-corrected chi connectivity index (χ1v) is 29.3. The molecular weight excluding hydrogens is 965 g/mol. The zero-order valence-electron chi connectivity index (χ0n) is 48.5. The van der Waals surface area contributed by atoms with Crippen LogP contribution in [0, 0.1) is 0 Å². The van der Waals surface area contributed by atoms with Gasteiger partial charge in [-0.3, -0.25) is 9.97 Å². The van der Waals surface area contributed by atoms with E-state index in [9.17, 15) is 0 Å². The largest absolute Gasteiger partial charge is 0.464 e. The Morgan fingerprint density at radius 1 is 0.276 bits per heavy atom. The van der Waals surface area contributed by atoms with Crippen LogP contribution in [-0.2, 0) is 0 Å². The van der Waals surface area contributed by atoms with E-state index < -0.39 is 0 Å². The van der Waals surface area contributed by atoms with Crippen LogP contribution in [0.2, 0.25) is 0 Å². The van der Waals surface area contributed by atoms with Gasteiger partial charge in [0.1, 0.15) is 11.1 Å². The van der Waals surface area contributed by atoms with E-state index in [0.29, 0.717) is 0 Å². The van der Waals surface area contributed by atoms with Gasteiger partial charge < -0.3 is 8.83 Å². The Kier molecular flexibility index (Phi) is 36.7. The lowest BCUT2D eigenvalue weighted by molar-refractivity contribution is 0.616. The summed E-state index contributed by atoms with van der Waals surface area (Å²) in [7, 11) is 0. The molecule has 6 heterocycles. The van der Waals surface area contributed by atoms with Gasteiger partial charge >= 0.3 is 0 Å². The van der Waals surface area contributed by atoms with E-state index in [1.165, 1.54) is 42.6 Å². The minimum absolute atomic E-state index is 0.851. The van der Waals surface area contributed by atoms with E-state index in [1.54, 1.807) is 30.1 Å². The second kappa shape index (κ2) is 41.9. The van der Waals surface area contributed by atoms with Gasteiger partial charge in [0, 0.05) is 45.2 Å². The van der Waals surface area contributed by atoms with Gasteiger partial charge in [-0.25, -0.2) is 0 Å². The maximum atomic E-state index is 5.50. The van der Waals surface area contributed by atoms with E-state index in [4.69, 9.17) is 8.83 Å². The second-order valence-electron chi connectivity index (χ2n) is 13.7. The fourth-order valence-electron chi connectivity index (χ4n) is 7.11. The molecule has 0 aliphatic carbocycles. The number of thiophene rings is 2. The van der Waals surface area contributed by atoms with Crippen molar-refractivity contribution in [2.45, 2.75) is 111 Å². The summed E-state index contributed by atoms with van der Waals surface area (Å²) in [5.74, 6) is 0. The fourth-order valence-corrected chi connectivity index (χ4v) is 8.94. The zero-order chi connectivity index (χ0) is 56.4. The molecule has 12 rings (SSSR count). The number of rotatable bonds is 4. The average Bonchev–Trinajstić information content (AvgIpc) is 4.42. The lowest BCUT2D eigenvalue weighted by Crippen LogP contribution is -1.79. The van der Waals surface area contributed by atoms with Crippen molar-refractivity contribution in [1.29, 1.82) is 0 Å². The molecule has 0 aliphatic heterocycles. The summed E-state index contributed by atoms with van der Waals surface area (Å²) in [4.78, 5) is 8.57. The Morgan fingerprint density at radius 3 is 1.16 bits per heavy atom. The van der Waals surface area contributed by atoms with Gasteiger partial charge in [-0.05, 0) is 74.3 Å². The first-order chi connectivity index (χ1) is 37.8. The van der Waals surface area contributed by atoms with Crippen molar-refractivity contribution in [2.75, 3.05) is 0 Å². The third-order valence-electron chi connectivity index (χ3n) is 9.98. The average molecular weight is 1050 g/mol. The minimum Gasteiger partial charge on any atom is -0.464 e. The first kappa shape index (κ1) is 66.6. The fraction of sp³-hybridized carbons (Fsp3) is 0.229. The molecule has 0 spiro atoms. The highest BCUT2D eigenvalue weighted by atomic mass is 32.1. The van der Waals surface area contributed by atoms with Crippen molar-refractivity contribution in [1.82, 2.24) is 9.97 Å². The SMILES string of the molecule is CC.CC.CC.CC.CC.CC.CC.CC.c1ccc(-c2cccc3ccoc23)cc1.c1ccc(-c2cccc3ccsc23)cc1.c1ccc(-c2ccnc3ccoc23)cc1.c1ccc(-c2ccnc3ccsc23)cc1. The molecule has 12 aromatic rings. The molecule has 0 fully saturated rings. The highest BCUT2D eigenvalue weighted by Gasteiger charge is 2.08. The van der Waals surface area contributed by atoms with Crippen LogP contribution in [0.1, 0.15) is 111 Å². The number of fused-ring (bicyclic) bond motifs is 4. The number of aromatic nitrogens is 2. The lowest BCUT2D eigenvalue weighted by atomic mass is 10.0. The quantitative estimate of drug-likeness (QED) is 0.176. The van der Waals surface area contributed by atoms with Gasteiger partial charge in [-0.1, -0.05) is 269 Å². The predicted octanol–water partition coefficient (Wildman–Crippen LogP) is 24.3. The van der Waals surface area contributed by atoms with Gasteiger partial charge in [0.05, 0.1) is 22.7 Å². The van der Waals surface area contributed by atoms with Crippen molar-refractivity contribution in [2.24, 2.45) is 0 Å². The molecule has 0 saturated heterocycles. The maximum absolute atomic E-state index is 5.50. The molecule has 0 amide bonds. The van der Waals surface area contributed by atoms with Crippen molar-refractivity contribution < 1.29 is 8.83 Å². The van der Waals surface area contributed by atoms with E-state index in [1.807, 2.05) is 189 Å². The highest BCUT2D eigenvalue weighted by Crippen LogP contribution is 2.33. The van der Waals surface area contributed by atoms with Crippen LogP contribution in [0.25, 0.3) is 86.9 Å². The van der Waals surface area contributed by atoms with Crippen LogP contribution >= 0.6 is 22.7 Å². The molecule has 0 atom stereocenters. The van der Waals surface area contributed by atoms with Gasteiger partial charge in [0.25, 0.3) is 0 Å². The highest BCUT2D eigenvalue weighted by molar-refractivity contribution is 7.18. The number of hydrogen-bond donors (Lipinski definition) is 0. The summed E-state index contributed by atoms with van der Waals surface area (Å²) in [6.07, 6.45) is 7.08. The van der Waals surface area contributed by atoms with Gasteiger partial charge in [0.2, 0.25) is 0 Å². The summed E-state index contributed by atoms with van der Waals surface area (Å²) < 4.78 is 13.6. The predicted molar refractivity (Wildman–Crippen MR) is 344 cm³/mol. The third kappa shape index (κ3) is 19.7. The molecule has 0 radical (unpaired) electrons. The van der Waals surface area contributed by atoms with Crippen molar-refractivity contribution in [3.05, 3.63) is 230 Å². The first-order valence-electron chi connectivity index (χ1n) is 27.6. The third-order valence-corrected chi connectivity index (χ3v) is 11.9. The number of pyridine rings is 2. The molecule has 0 bridgehead atoms. The van der Waals surface area contributed by atoms with Crippen LogP contribution in [0.5, 0.6) is 0 Å². The van der Waals surface area contributed by atoms with E-state index >= 15 is 0 Å². The van der Waals surface area contributed by atoms with Crippen molar-refractivity contribution in [3.63, 3.8) is 0 Å². The Hall–Kier alpha value is -7.38. The monoisotopic (exact) mass is 1050 g/mol. The molecule has 6 aromatic heterocycles. The minimum atomic E-state index is 0.851. The molecular formula is C70H86N2O2S2. The van der Waals surface area contributed by atoms with Crippen LogP contribution in [0.3, 0.4) is 0 Å². The number of hydrogen-bond acceptors (Lipinski definition) is 6. The summed E-state index contributed by atoms with van der Waals surface area (Å²) in [5.41, 5.74) is 13.5. The van der Waals surface area contributed by atoms with Gasteiger partial charge in [-0.2, -0.15) is 0 Å². The van der Waals surface area contributed by atoms with Crippen LogP contribution < -0.4 is 0 Å². The van der Waals surface area contributed by atoms with Crippen LogP contribution in [-0.4, -0.2) is 9.97 Å². The van der Waals surface area contributed by atoms with Crippen LogP contribution in [0.15, 0.2) is 239 Å². The molecule has 6 heteroatoms. The molecule has 0 saturated carbocycles. The smallest absolute Gasteiger partial charge is 0.160 e. The molecule has 76 heavy (non-hydrogen) atoms. The summed E-state index contributed by atoms with van der Waals surface area (Å²) >= 11 is 3.56. The Morgan fingerprint density at radius 2 is 0.645 bits per heavy atom. The Balaban J connectivity index is 0.000000465. The molecule has 6 aromatic carbocycles. The van der Waals surface area contributed by atoms with E-state index in [-0.39, 0.29) is 0 Å². The molecule has 0 unspecified atom stereocenters. The zero-order valence-corrected chi connectivity index (χ0v) is 50.1. The van der Waals surface area contributed by atoms with Crippen molar-refractivity contribution >= 4 is 65.0 Å². The maximum Gasteiger partial charge on any atom is 0.160 e. The van der Waals surface area contributed by atoms with Crippen LogP contribution in [0.4, 0.5) is 0 Å². The van der Waals surface area contributed by atoms with E-state index in [0.717, 1.165) is 44.3 Å². The normalized spacial score (nSPS) is 9.05. The van der Waals surface area contributed by atoms with Crippen molar-refractivity contribution in [3.8, 4) is 44.5 Å². The molecule has 0 aliphatic rings. The number of para-hydroxylation sites is 1. The second-order valence-corrected chi connectivity index (χ2v) is 15.6. The van der Waals surface area contributed by atoms with E-state index in [2.05, 4.69) is 154 Å². The molecule has 0 N–H and O–H groups in total. The molecule has 400 valence electrons. The Labute approximate surface area is 466 Å². The number of nitrogens with zero attached hydrogens (tertiary/aromatic N) is 2. The van der Waals surface area contributed by atoms with Gasteiger partial charge in [0.15, 0.2) is 5.58 Å². The summed E-state index contributed by atoms with van der Waals surface area (Å²) in [6.45, 7) is 32.0. The Bertz CT molecular complexity index is 2770. The lowest BCUT2D eigenvalue weighted by Gasteiger charge is -2.02. The number of benzene rings is 6. The molecule has 4 nitrogen and oxygen atoms in total. The summed E-state index contributed by atoms with van der Waals surface area (Å²) in [6, 6.07) is 66.3. The van der Waals surface area contributed by atoms with Gasteiger partial charge in [-0.15, -0.1) is 22.7 Å². The standard InChI is InChI=1S/C14H10O.C14H10S.C13H9NO.C13H9NS.8C2H6/c2*1-2-5-11(6-3-1)13-8-4-7-12-9-10-15-14(12)13;2*1-2-4-10(5-3-1)11-6-8-14-12-7-9-15-13(11)12;8*1-2/h2*1-10H;2*1-9H;8*1-2H3. The number of furan rings is 2. The summed E-state index contributed by atoms with van der Waals surface area (Å²) in [5, 5.41) is 6.72. The topological polar surface area (TPSA) is 52.1 Å².